The molecule has 0 saturated carbocycles. The fraction of sp³-hybridized carbons (Fsp3) is 0.571. The van der Waals surface area contributed by atoms with Crippen LogP contribution in [-0.4, -0.2) is 14.5 Å². The van der Waals surface area contributed by atoms with Crippen LogP contribution in [0, 0.1) is 0 Å². The average Bonchev–Trinajstić information content (AvgIpc) is 2.83. The number of pyridine rings is 1. The van der Waals surface area contributed by atoms with E-state index in [1.54, 1.807) is 0 Å². The van der Waals surface area contributed by atoms with Gasteiger partial charge in [-0.3, -0.25) is 0 Å². The number of nitrogen functional groups attached to an aromatic ring is 1. The molecule has 2 aromatic heterocycles. The number of nitrogens with zero attached hydrogens (tertiary/aromatic N) is 3. The molecule has 96 valence electrons. The van der Waals surface area contributed by atoms with Gasteiger partial charge < -0.3 is 10.3 Å². The molecule has 4 nitrogen and oxygen atoms in total. The molecule has 0 fully saturated rings. The van der Waals surface area contributed by atoms with Crippen LogP contribution < -0.4 is 5.73 Å². The SMILES string of the molecule is CCC(C)n1cnc2c(N)nc3c(c21)CCCC3. The van der Waals surface area contributed by atoms with E-state index in [1.807, 2.05) is 6.33 Å². The average molecular weight is 244 g/mol. The van der Waals surface area contributed by atoms with Gasteiger partial charge in [-0.15, -0.1) is 0 Å². The lowest BCUT2D eigenvalue weighted by Crippen LogP contribution is -2.11. The number of hydrogen-bond acceptors (Lipinski definition) is 3. The summed E-state index contributed by atoms with van der Waals surface area (Å²) in [7, 11) is 0. The zero-order valence-electron chi connectivity index (χ0n) is 11.1. The van der Waals surface area contributed by atoms with Gasteiger partial charge in [0.2, 0.25) is 0 Å². The van der Waals surface area contributed by atoms with Gasteiger partial charge in [-0.1, -0.05) is 6.92 Å². The van der Waals surface area contributed by atoms with Crippen molar-refractivity contribution in [1.82, 2.24) is 14.5 Å². The van der Waals surface area contributed by atoms with Crippen molar-refractivity contribution in [1.29, 1.82) is 0 Å². The van der Waals surface area contributed by atoms with Crippen molar-refractivity contribution in [3.05, 3.63) is 17.6 Å². The van der Waals surface area contributed by atoms with Crippen LogP contribution in [0.5, 0.6) is 0 Å². The molecular weight excluding hydrogens is 224 g/mol. The molecule has 0 amide bonds. The monoisotopic (exact) mass is 244 g/mol. The molecule has 0 spiro atoms. The molecule has 18 heavy (non-hydrogen) atoms. The van der Waals surface area contributed by atoms with E-state index in [-0.39, 0.29) is 0 Å². The highest BCUT2D eigenvalue weighted by Gasteiger charge is 2.20. The normalized spacial score (nSPS) is 16.8. The maximum Gasteiger partial charge on any atom is 0.151 e. The van der Waals surface area contributed by atoms with Crippen molar-refractivity contribution in [3.8, 4) is 0 Å². The summed E-state index contributed by atoms with van der Waals surface area (Å²) in [4.78, 5) is 9.01. The van der Waals surface area contributed by atoms with Crippen LogP contribution in [-0.2, 0) is 12.8 Å². The van der Waals surface area contributed by atoms with Gasteiger partial charge in [0.15, 0.2) is 5.82 Å². The van der Waals surface area contributed by atoms with Crippen molar-refractivity contribution in [3.63, 3.8) is 0 Å². The van der Waals surface area contributed by atoms with Crippen molar-refractivity contribution in [2.75, 3.05) is 5.73 Å². The lowest BCUT2D eigenvalue weighted by Gasteiger charge is -2.19. The summed E-state index contributed by atoms with van der Waals surface area (Å²) in [6.07, 6.45) is 7.67. The van der Waals surface area contributed by atoms with Gasteiger partial charge in [0.05, 0.1) is 11.8 Å². The molecule has 2 N–H and O–H groups in total. The number of fused-ring (bicyclic) bond motifs is 3. The fourth-order valence-electron chi connectivity index (χ4n) is 2.84. The maximum atomic E-state index is 6.05. The van der Waals surface area contributed by atoms with Crippen LogP contribution in [0.25, 0.3) is 11.0 Å². The minimum Gasteiger partial charge on any atom is -0.382 e. The highest BCUT2D eigenvalue weighted by Crippen LogP contribution is 2.32. The molecule has 1 atom stereocenters. The zero-order valence-corrected chi connectivity index (χ0v) is 11.1. The predicted molar refractivity (Wildman–Crippen MR) is 73.6 cm³/mol. The molecule has 0 bridgehead atoms. The van der Waals surface area contributed by atoms with E-state index in [4.69, 9.17) is 5.73 Å². The number of aryl methyl sites for hydroxylation is 2. The van der Waals surface area contributed by atoms with Gasteiger partial charge in [0.1, 0.15) is 5.52 Å². The lowest BCUT2D eigenvalue weighted by atomic mass is 9.94. The van der Waals surface area contributed by atoms with Gasteiger partial charge in [-0.25, -0.2) is 9.97 Å². The van der Waals surface area contributed by atoms with Crippen LogP contribution in [0.1, 0.15) is 50.4 Å². The smallest absolute Gasteiger partial charge is 0.151 e. The number of imidazole rings is 1. The second-order valence-electron chi connectivity index (χ2n) is 5.24. The summed E-state index contributed by atoms with van der Waals surface area (Å²) in [5.41, 5.74) is 10.7. The second kappa shape index (κ2) is 4.26. The zero-order chi connectivity index (χ0) is 12.7. The van der Waals surface area contributed by atoms with Gasteiger partial charge in [0.25, 0.3) is 0 Å². The standard InChI is InChI=1S/C14H20N4/c1-3-9(2)18-8-16-12-13(18)10-6-4-5-7-11(10)17-14(12)15/h8-9H,3-7H2,1-2H3,(H2,15,17). The molecule has 0 aliphatic heterocycles. The summed E-state index contributed by atoms with van der Waals surface area (Å²) >= 11 is 0. The minimum atomic E-state index is 0.461. The summed E-state index contributed by atoms with van der Waals surface area (Å²) in [5, 5.41) is 0. The fourth-order valence-corrected chi connectivity index (χ4v) is 2.84. The molecule has 0 saturated heterocycles. The van der Waals surface area contributed by atoms with Crippen LogP contribution in [0.4, 0.5) is 5.82 Å². The van der Waals surface area contributed by atoms with E-state index in [1.165, 1.54) is 29.6 Å². The maximum absolute atomic E-state index is 6.05. The molecule has 4 heteroatoms. The minimum absolute atomic E-state index is 0.461. The topological polar surface area (TPSA) is 56.7 Å². The third-order valence-electron chi connectivity index (χ3n) is 4.08. The number of hydrogen-bond donors (Lipinski definition) is 1. The molecule has 0 radical (unpaired) electrons. The van der Waals surface area contributed by atoms with Crippen molar-refractivity contribution < 1.29 is 0 Å². The first-order valence-electron chi connectivity index (χ1n) is 6.86. The van der Waals surface area contributed by atoms with Crippen LogP contribution in [0.15, 0.2) is 6.33 Å². The van der Waals surface area contributed by atoms with Gasteiger partial charge in [-0.2, -0.15) is 0 Å². The van der Waals surface area contributed by atoms with Crippen LogP contribution >= 0.6 is 0 Å². The summed E-state index contributed by atoms with van der Waals surface area (Å²) < 4.78 is 2.28. The van der Waals surface area contributed by atoms with Crippen LogP contribution in [0.2, 0.25) is 0 Å². The first kappa shape index (κ1) is 11.5. The third-order valence-corrected chi connectivity index (χ3v) is 4.08. The number of rotatable bonds is 2. The van der Waals surface area contributed by atoms with Crippen molar-refractivity contribution >= 4 is 16.9 Å². The second-order valence-corrected chi connectivity index (χ2v) is 5.24. The number of anilines is 1. The van der Waals surface area contributed by atoms with E-state index in [9.17, 15) is 0 Å². The molecule has 1 aliphatic rings. The van der Waals surface area contributed by atoms with E-state index in [2.05, 4.69) is 28.4 Å². The number of aromatic nitrogens is 3. The van der Waals surface area contributed by atoms with E-state index < -0.39 is 0 Å². The molecule has 0 aromatic carbocycles. The Morgan fingerprint density at radius 2 is 2.17 bits per heavy atom. The lowest BCUT2D eigenvalue weighted by molar-refractivity contribution is 0.541. The number of nitrogens with two attached hydrogens (primary N) is 1. The summed E-state index contributed by atoms with van der Waals surface area (Å²) in [6.45, 7) is 4.43. The first-order valence-corrected chi connectivity index (χ1v) is 6.86. The Labute approximate surface area is 107 Å². The van der Waals surface area contributed by atoms with Crippen LogP contribution in [0.3, 0.4) is 0 Å². The predicted octanol–water partition coefficient (Wildman–Crippen LogP) is 2.86. The first-order chi connectivity index (χ1) is 8.72. The summed E-state index contributed by atoms with van der Waals surface area (Å²) in [5.74, 6) is 0.590. The molecule has 1 aliphatic carbocycles. The Bertz CT molecular complexity index is 585. The molecule has 1 unspecified atom stereocenters. The molecular formula is C14H20N4. The van der Waals surface area contributed by atoms with Crippen molar-refractivity contribution in [2.24, 2.45) is 0 Å². The van der Waals surface area contributed by atoms with Gasteiger partial charge in [0, 0.05) is 11.7 Å². The molecule has 2 heterocycles. The highest BCUT2D eigenvalue weighted by atomic mass is 15.1. The van der Waals surface area contributed by atoms with E-state index in [0.29, 0.717) is 11.9 Å². The Morgan fingerprint density at radius 3 is 2.94 bits per heavy atom. The molecule has 3 rings (SSSR count). The van der Waals surface area contributed by atoms with E-state index in [0.717, 1.165) is 24.8 Å². The Morgan fingerprint density at radius 1 is 1.39 bits per heavy atom. The van der Waals surface area contributed by atoms with Crippen molar-refractivity contribution in [2.45, 2.75) is 52.0 Å². The highest BCUT2D eigenvalue weighted by molar-refractivity contribution is 5.88. The Kier molecular flexibility index (Phi) is 2.73. The Balaban J connectivity index is 2.30. The van der Waals surface area contributed by atoms with E-state index >= 15 is 0 Å². The van der Waals surface area contributed by atoms with Gasteiger partial charge >= 0.3 is 0 Å². The quantitative estimate of drug-likeness (QED) is 0.883. The summed E-state index contributed by atoms with van der Waals surface area (Å²) in [6, 6.07) is 0.461. The Hall–Kier alpha value is -1.58. The third kappa shape index (κ3) is 1.59. The molecule has 2 aromatic rings. The van der Waals surface area contributed by atoms with Gasteiger partial charge in [-0.05, 0) is 44.6 Å². The largest absolute Gasteiger partial charge is 0.382 e.